The zero-order valence-corrected chi connectivity index (χ0v) is 12.7. The fraction of sp³-hybridized carbons (Fsp3) is 0.562. The van der Waals surface area contributed by atoms with Crippen LogP contribution in [0.1, 0.15) is 39.1 Å². The van der Waals surface area contributed by atoms with Crippen molar-refractivity contribution in [2.24, 2.45) is 0 Å². The van der Waals surface area contributed by atoms with Crippen LogP contribution in [0.25, 0.3) is 11.0 Å². The molecule has 0 bridgehead atoms. The maximum Gasteiger partial charge on any atom is 0.121 e. The molecule has 1 N–H and O–H groups in total. The summed E-state index contributed by atoms with van der Waals surface area (Å²) in [6.07, 6.45) is 1.14. The summed E-state index contributed by atoms with van der Waals surface area (Å²) >= 11 is 0. The molecule has 0 spiro atoms. The van der Waals surface area contributed by atoms with E-state index in [-0.39, 0.29) is 5.41 Å². The molecular formula is C16H23N3O. The minimum Gasteiger partial charge on any atom is -0.497 e. The lowest BCUT2D eigenvalue weighted by Crippen LogP contribution is -2.29. The molecule has 0 amide bonds. The molecule has 1 aromatic carbocycles. The van der Waals surface area contributed by atoms with Crippen LogP contribution < -0.4 is 10.1 Å². The third kappa shape index (κ3) is 1.99. The summed E-state index contributed by atoms with van der Waals surface area (Å²) in [6, 6.07) is 6.57. The molecule has 0 radical (unpaired) electrons. The molecule has 2 heterocycles. The third-order valence-electron chi connectivity index (χ3n) is 4.32. The monoisotopic (exact) mass is 273 g/mol. The number of rotatable bonds is 3. The van der Waals surface area contributed by atoms with Gasteiger partial charge in [-0.1, -0.05) is 6.92 Å². The summed E-state index contributed by atoms with van der Waals surface area (Å²) in [5.41, 5.74) is 2.35. The van der Waals surface area contributed by atoms with Crippen LogP contribution in [0.4, 0.5) is 0 Å². The number of nitrogens with one attached hydrogen (secondary N) is 1. The van der Waals surface area contributed by atoms with E-state index in [1.165, 1.54) is 11.3 Å². The van der Waals surface area contributed by atoms with Crippen LogP contribution in [0.3, 0.4) is 0 Å². The molecule has 1 aliphatic rings. The summed E-state index contributed by atoms with van der Waals surface area (Å²) in [7, 11) is 1.70. The van der Waals surface area contributed by atoms with E-state index in [1.807, 2.05) is 12.1 Å². The lowest BCUT2D eigenvalue weighted by atomic mass is 9.88. The van der Waals surface area contributed by atoms with Crippen LogP contribution in [-0.4, -0.2) is 29.8 Å². The Morgan fingerprint density at radius 1 is 1.40 bits per heavy atom. The second kappa shape index (κ2) is 4.77. The van der Waals surface area contributed by atoms with Gasteiger partial charge in [-0.2, -0.15) is 0 Å². The summed E-state index contributed by atoms with van der Waals surface area (Å²) in [5.74, 6) is 2.06. The Kier molecular flexibility index (Phi) is 3.21. The molecule has 4 heteroatoms. The van der Waals surface area contributed by atoms with Gasteiger partial charge in [0.1, 0.15) is 11.6 Å². The van der Waals surface area contributed by atoms with Crippen molar-refractivity contribution < 1.29 is 4.74 Å². The Bertz CT molecular complexity index is 624. The molecule has 1 atom stereocenters. The number of benzene rings is 1. The van der Waals surface area contributed by atoms with Gasteiger partial charge in [0.2, 0.25) is 0 Å². The van der Waals surface area contributed by atoms with Gasteiger partial charge in [-0.25, -0.2) is 4.98 Å². The minimum absolute atomic E-state index is 0.122. The third-order valence-corrected chi connectivity index (χ3v) is 4.32. The number of ether oxygens (including phenoxy) is 1. The van der Waals surface area contributed by atoms with Crippen molar-refractivity contribution in [1.82, 2.24) is 14.9 Å². The van der Waals surface area contributed by atoms with Crippen LogP contribution in [0.15, 0.2) is 18.2 Å². The first kappa shape index (κ1) is 13.4. The van der Waals surface area contributed by atoms with E-state index in [2.05, 4.69) is 36.7 Å². The van der Waals surface area contributed by atoms with Crippen molar-refractivity contribution in [3.63, 3.8) is 0 Å². The van der Waals surface area contributed by atoms with Gasteiger partial charge in [0, 0.05) is 24.1 Å². The van der Waals surface area contributed by atoms with Crippen molar-refractivity contribution in [3.8, 4) is 5.75 Å². The van der Waals surface area contributed by atoms with Gasteiger partial charge in [0.15, 0.2) is 0 Å². The highest BCUT2D eigenvalue weighted by Crippen LogP contribution is 2.34. The van der Waals surface area contributed by atoms with Gasteiger partial charge in [0.05, 0.1) is 18.1 Å². The Balaban J connectivity index is 2.22. The van der Waals surface area contributed by atoms with Crippen LogP contribution >= 0.6 is 0 Å². The van der Waals surface area contributed by atoms with Crippen molar-refractivity contribution in [2.75, 3.05) is 20.2 Å². The fourth-order valence-electron chi connectivity index (χ4n) is 3.16. The number of fused-ring (bicyclic) bond motifs is 1. The minimum atomic E-state index is 0.122. The predicted octanol–water partition coefficient (Wildman–Crippen LogP) is 2.88. The largest absolute Gasteiger partial charge is 0.497 e. The highest BCUT2D eigenvalue weighted by atomic mass is 16.5. The Morgan fingerprint density at radius 2 is 2.20 bits per heavy atom. The van der Waals surface area contributed by atoms with E-state index >= 15 is 0 Å². The van der Waals surface area contributed by atoms with Gasteiger partial charge in [-0.3, -0.25) is 0 Å². The van der Waals surface area contributed by atoms with Crippen molar-refractivity contribution in [3.05, 3.63) is 24.0 Å². The number of nitrogens with zero attached hydrogens (tertiary/aromatic N) is 2. The van der Waals surface area contributed by atoms with E-state index in [1.54, 1.807) is 7.11 Å². The molecule has 3 rings (SSSR count). The van der Waals surface area contributed by atoms with Crippen LogP contribution in [0.5, 0.6) is 5.75 Å². The normalized spacial score (nSPS) is 22.9. The molecule has 0 aliphatic carbocycles. The molecule has 2 aromatic rings. The maximum absolute atomic E-state index is 5.32. The molecule has 108 valence electrons. The number of hydrogen-bond donors (Lipinski definition) is 1. The van der Waals surface area contributed by atoms with Gasteiger partial charge in [0.25, 0.3) is 0 Å². The number of methoxy groups -OCH3 is 1. The number of hydrogen-bond acceptors (Lipinski definition) is 3. The van der Waals surface area contributed by atoms with Gasteiger partial charge in [-0.15, -0.1) is 0 Å². The molecule has 20 heavy (non-hydrogen) atoms. The standard InChI is InChI=1S/C16H23N3O/c1-11(2)19-14-6-5-12(20-4)9-13(14)18-15(19)16(3)7-8-17-10-16/h5-6,9,11,17H,7-8,10H2,1-4H3. The number of imidazole rings is 1. The molecule has 1 aromatic heterocycles. The second-order valence-corrected chi connectivity index (χ2v) is 6.24. The van der Waals surface area contributed by atoms with Crippen molar-refractivity contribution in [1.29, 1.82) is 0 Å². The average molecular weight is 273 g/mol. The summed E-state index contributed by atoms with van der Waals surface area (Å²) in [4.78, 5) is 4.94. The Labute approximate surface area is 120 Å². The molecule has 0 saturated carbocycles. The second-order valence-electron chi connectivity index (χ2n) is 6.24. The quantitative estimate of drug-likeness (QED) is 0.934. The van der Waals surface area contributed by atoms with E-state index in [9.17, 15) is 0 Å². The molecule has 1 saturated heterocycles. The van der Waals surface area contributed by atoms with Crippen LogP contribution in [0.2, 0.25) is 0 Å². The van der Waals surface area contributed by atoms with E-state index in [4.69, 9.17) is 9.72 Å². The van der Waals surface area contributed by atoms with Crippen LogP contribution in [0, 0.1) is 0 Å². The van der Waals surface area contributed by atoms with E-state index < -0.39 is 0 Å². The van der Waals surface area contributed by atoms with Gasteiger partial charge in [-0.05, 0) is 38.9 Å². The first-order valence-corrected chi connectivity index (χ1v) is 7.32. The average Bonchev–Trinajstić information content (AvgIpc) is 3.02. The summed E-state index contributed by atoms with van der Waals surface area (Å²) < 4.78 is 7.70. The first-order valence-electron chi connectivity index (χ1n) is 7.32. The SMILES string of the molecule is COc1ccc2c(c1)nc(C1(C)CCNC1)n2C(C)C. The molecule has 1 unspecified atom stereocenters. The van der Waals surface area contributed by atoms with Crippen molar-refractivity contribution in [2.45, 2.75) is 38.6 Å². The zero-order chi connectivity index (χ0) is 14.3. The fourth-order valence-corrected chi connectivity index (χ4v) is 3.16. The molecule has 1 fully saturated rings. The van der Waals surface area contributed by atoms with Crippen LogP contribution in [-0.2, 0) is 5.41 Å². The number of aromatic nitrogens is 2. The van der Waals surface area contributed by atoms with Gasteiger partial charge >= 0.3 is 0 Å². The first-order chi connectivity index (χ1) is 9.55. The Morgan fingerprint density at radius 3 is 2.80 bits per heavy atom. The maximum atomic E-state index is 5.32. The molecule has 1 aliphatic heterocycles. The summed E-state index contributed by atoms with van der Waals surface area (Å²) in [6.45, 7) is 8.83. The lowest BCUT2D eigenvalue weighted by Gasteiger charge is -2.25. The van der Waals surface area contributed by atoms with E-state index in [0.29, 0.717) is 6.04 Å². The molecular weight excluding hydrogens is 250 g/mol. The topological polar surface area (TPSA) is 39.1 Å². The lowest BCUT2D eigenvalue weighted by molar-refractivity contribution is 0.415. The highest BCUT2D eigenvalue weighted by molar-refractivity contribution is 5.78. The summed E-state index contributed by atoms with van der Waals surface area (Å²) in [5, 5.41) is 3.47. The predicted molar refractivity (Wildman–Crippen MR) is 81.5 cm³/mol. The van der Waals surface area contributed by atoms with E-state index in [0.717, 1.165) is 30.8 Å². The smallest absolute Gasteiger partial charge is 0.121 e. The zero-order valence-electron chi connectivity index (χ0n) is 12.7. The Hall–Kier alpha value is -1.55. The van der Waals surface area contributed by atoms with Crippen molar-refractivity contribution >= 4 is 11.0 Å². The molecule has 4 nitrogen and oxygen atoms in total. The highest BCUT2D eigenvalue weighted by Gasteiger charge is 2.36. The van der Waals surface area contributed by atoms with Gasteiger partial charge < -0.3 is 14.6 Å².